The molecule has 3 N–H and O–H groups in total. The number of rotatable bonds is 2. The summed E-state index contributed by atoms with van der Waals surface area (Å²) in [6.07, 6.45) is -3.51. The van der Waals surface area contributed by atoms with Gasteiger partial charge in [0.1, 0.15) is 0 Å². The highest BCUT2D eigenvalue weighted by Gasteiger charge is 2.40. The number of amides is 1. The van der Waals surface area contributed by atoms with Crippen molar-refractivity contribution in [2.75, 3.05) is 4.90 Å². The van der Waals surface area contributed by atoms with Crippen molar-refractivity contribution in [1.29, 1.82) is 0 Å². The molecule has 1 saturated heterocycles. The van der Waals surface area contributed by atoms with Crippen molar-refractivity contribution in [3.8, 4) is 17.2 Å². The Kier molecular flexibility index (Phi) is 4.79. The van der Waals surface area contributed by atoms with Gasteiger partial charge in [0.05, 0.1) is 16.2 Å². The van der Waals surface area contributed by atoms with E-state index in [1.54, 1.807) is 0 Å². The molecule has 0 bridgehead atoms. The number of thioether (sulfide) groups is 1. The molecule has 1 fully saturated rings. The Hall–Kier alpha value is -2.72. The van der Waals surface area contributed by atoms with Crippen LogP contribution >= 0.6 is 24.0 Å². The average molecular weight is 413 g/mol. The van der Waals surface area contributed by atoms with E-state index in [2.05, 4.69) is 0 Å². The van der Waals surface area contributed by atoms with Crippen LogP contribution in [-0.4, -0.2) is 25.5 Å². The molecule has 0 aromatic heterocycles. The topological polar surface area (TPSA) is 81.0 Å². The number of alkyl halides is 3. The molecule has 10 heteroatoms. The van der Waals surface area contributed by atoms with Crippen LogP contribution in [0, 0.1) is 0 Å². The second-order valence-corrected chi connectivity index (χ2v) is 7.08. The van der Waals surface area contributed by atoms with E-state index < -0.39 is 40.6 Å². The maximum Gasteiger partial charge on any atom is 0.418 e. The molecule has 1 amide bonds. The van der Waals surface area contributed by atoms with E-state index in [-0.39, 0.29) is 14.8 Å². The van der Waals surface area contributed by atoms with E-state index in [9.17, 15) is 33.3 Å². The molecule has 0 unspecified atom stereocenters. The molecule has 0 aliphatic carbocycles. The van der Waals surface area contributed by atoms with Crippen LogP contribution in [0.3, 0.4) is 0 Å². The molecule has 2 aromatic rings. The number of carbonyl (C=O) groups excluding carboxylic acids is 1. The third kappa shape index (κ3) is 3.45. The summed E-state index contributed by atoms with van der Waals surface area (Å²) in [7, 11) is 0. The summed E-state index contributed by atoms with van der Waals surface area (Å²) >= 11 is 5.82. The van der Waals surface area contributed by atoms with Gasteiger partial charge in [-0.15, -0.1) is 0 Å². The number of phenolic OH excluding ortho intramolecular Hbond substituents is 3. The zero-order chi connectivity index (χ0) is 19.9. The van der Waals surface area contributed by atoms with Crippen LogP contribution in [0.15, 0.2) is 41.3 Å². The van der Waals surface area contributed by atoms with Gasteiger partial charge < -0.3 is 15.3 Å². The molecular formula is C17H10F3NO4S2. The van der Waals surface area contributed by atoms with Gasteiger partial charge in [0.25, 0.3) is 5.91 Å². The lowest BCUT2D eigenvalue weighted by atomic mass is 10.1. The van der Waals surface area contributed by atoms with Crippen molar-refractivity contribution in [3.63, 3.8) is 0 Å². The van der Waals surface area contributed by atoms with E-state index in [1.807, 2.05) is 0 Å². The lowest BCUT2D eigenvalue weighted by Gasteiger charge is -2.20. The zero-order valence-corrected chi connectivity index (χ0v) is 14.8. The van der Waals surface area contributed by atoms with Gasteiger partial charge in [-0.3, -0.25) is 9.69 Å². The summed E-state index contributed by atoms with van der Waals surface area (Å²) < 4.78 is 39.6. The first kappa shape index (κ1) is 19.1. The normalized spacial score (nSPS) is 16.4. The lowest BCUT2D eigenvalue weighted by molar-refractivity contribution is -0.137. The third-order valence-corrected chi connectivity index (χ3v) is 4.99. The van der Waals surface area contributed by atoms with Crippen LogP contribution in [0.5, 0.6) is 17.2 Å². The largest absolute Gasteiger partial charge is 0.504 e. The second kappa shape index (κ2) is 6.78. The number of para-hydroxylation sites is 1. The highest BCUT2D eigenvalue weighted by atomic mass is 32.2. The van der Waals surface area contributed by atoms with Crippen LogP contribution in [0.2, 0.25) is 0 Å². The van der Waals surface area contributed by atoms with Crippen molar-refractivity contribution in [1.82, 2.24) is 0 Å². The fourth-order valence-electron chi connectivity index (χ4n) is 2.43. The van der Waals surface area contributed by atoms with Crippen molar-refractivity contribution >= 4 is 46.0 Å². The standard InChI is InChI=1S/C17H10F3NO4S2/c18-17(19,20)9-3-1-2-4-10(9)21-15(25)12(27-16(21)26)7-8-5-6-11(22)14(24)13(8)23/h1-7,22-24H. The molecule has 140 valence electrons. The van der Waals surface area contributed by atoms with Gasteiger partial charge in [0.2, 0.25) is 5.75 Å². The van der Waals surface area contributed by atoms with Gasteiger partial charge in [-0.2, -0.15) is 13.2 Å². The molecule has 1 heterocycles. The van der Waals surface area contributed by atoms with E-state index in [4.69, 9.17) is 12.2 Å². The van der Waals surface area contributed by atoms with Gasteiger partial charge in [-0.05, 0) is 30.3 Å². The van der Waals surface area contributed by atoms with Crippen LogP contribution in [0.1, 0.15) is 11.1 Å². The van der Waals surface area contributed by atoms with Crippen molar-refractivity contribution in [3.05, 3.63) is 52.4 Å². The minimum Gasteiger partial charge on any atom is -0.504 e. The van der Waals surface area contributed by atoms with E-state index in [0.717, 1.165) is 34.9 Å². The van der Waals surface area contributed by atoms with Crippen LogP contribution < -0.4 is 4.90 Å². The summed E-state index contributed by atoms with van der Waals surface area (Å²) in [4.78, 5) is 13.4. The number of phenols is 3. The number of hydrogen-bond donors (Lipinski definition) is 3. The van der Waals surface area contributed by atoms with E-state index in [0.29, 0.717) is 0 Å². The first-order valence-corrected chi connectivity index (χ1v) is 8.52. The number of nitrogens with zero attached hydrogens (tertiary/aromatic N) is 1. The zero-order valence-electron chi connectivity index (χ0n) is 13.2. The quantitative estimate of drug-likeness (QED) is 0.389. The monoisotopic (exact) mass is 413 g/mol. The lowest BCUT2D eigenvalue weighted by Crippen LogP contribution is -2.29. The third-order valence-electron chi connectivity index (χ3n) is 3.69. The Balaban J connectivity index is 2.04. The predicted molar refractivity (Wildman–Crippen MR) is 98.5 cm³/mol. The number of hydrogen-bond acceptors (Lipinski definition) is 6. The number of halogens is 3. The van der Waals surface area contributed by atoms with Crippen LogP contribution in [0.4, 0.5) is 18.9 Å². The SMILES string of the molecule is O=C1C(=Cc2ccc(O)c(O)c2O)SC(=S)N1c1ccccc1C(F)(F)F. The smallest absolute Gasteiger partial charge is 0.418 e. The first-order chi connectivity index (χ1) is 12.6. The Morgan fingerprint density at radius 1 is 1.04 bits per heavy atom. The summed E-state index contributed by atoms with van der Waals surface area (Å²) in [5.74, 6) is -2.80. The molecule has 3 rings (SSSR count). The number of aromatic hydroxyl groups is 3. The van der Waals surface area contributed by atoms with Crippen molar-refractivity contribution in [2.45, 2.75) is 6.18 Å². The van der Waals surface area contributed by atoms with E-state index in [1.165, 1.54) is 24.3 Å². The summed E-state index contributed by atoms with van der Waals surface area (Å²) in [6, 6.07) is 6.89. The Morgan fingerprint density at radius 2 is 1.70 bits per heavy atom. The van der Waals surface area contributed by atoms with Crippen molar-refractivity contribution in [2.24, 2.45) is 0 Å². The highest BCUT2D eigenvalue weighted by Crippen LogP contribution is 2.44. The molecular weight excluding hydrogens is 403 g/mol. The molecule has 0 atom stereocenters. The highest BCUT2D eigenvalue weighted by molar-refractivity contribution is 8.27. The Bertz CT molecular complexity index is 989. The molecule has 27 heavy (non-hydrogen) atoms. The van der Waals surface area contributed by atoms with Crippen molar-refractivity contribution < 1.29 is 33.3 Å². The average Bonchev–Trinajstić information content (AvgIpc) is 2.88. The minimum absolute atomic E-state index is 0.00472. The van der Waals surface area contributed by atoms with Crippen LogP contribution in [0.25, 0.3) is 6.08 Å². The predicted octanol–water partition coefficient (Wildman–Crippen LogP) is 4.23. The summed E-state index contributed by atoms with van der Waals surface area (Å²) in [5.41, 5.74) is -1.41. The fourth-order valence-corrected chi connectivity index (χ4v) is 3.70. The summed E-state index contributed by atoms with van der Waals surface area (Å²) in [6.45, 7) is 0. The fraction of sp³-hybridized carbons (Fsp3) is 0.0588. The van der Waals surface area contributed by atoms with E-state index >= 15 is 0 Å². The number of thiocarbonyl (C=S) groups is 1. The Morgan fingerprint density at radius 3 is 2.37 bits per heavy atom. The van der Waals surface area contributed by atoms with Gasteiger partial charge >= 0.3 is 6.18 Å². The summed E-state index contributed by atoms with van der Waals surface area (Å²) in [5, 5.41) is 28.7. The molecule has 0 saturated carbocycles. The van der Waals surface area contributed by atoms with Crippen LogP contribution in [-0.2, 0) is 11.0 Å². The van der Waals surface area contributed by atoms with Gasteiger partial charge in [-0.25, -0.2) is 0 Å². The first-order valence-electron chi connectivity index (χ1n) is 7.29. The molecule has 2 aromatic carbocycles. The van der Waals surface area contributed by atoms with Gasteiger partial charge in [0, 0.05) is 5.56 Å². The maximum absolute atomic E-state index is 13.2. The second-order valence-electron chi connectivity index (χ2n) is 5.40. The molecule has 0 radical (unpaired) electrons. The molecule has 5 nitrogen and oxygen atoms in total. The Labute approximate surface area is 160 Å². The molecule has 1 aliphatic heterocycles. The number of benzene rings is 2. The number of anilines is 1. The molecule has 0 spiro atoms. The number of carbonyl (C=O) groups is 1. The minimum atomic E-state index is -4.68. The van der Waals surface area contributed by atoms with Gasteiger partial charge in [0.15, 0.2) is 15.8 Å². The molecule has 1 aliphatic rings. The maximum atomic E-state index is 13.2. The van der Waals surface area contributed by atoms with Gasteiger partial charge in [-0.1, -0.05) is 36.1 Å².